The standard InChI is InChI=1S/C19H20ClN3O4/c20-16-3-1-2-14(12-16)6-7-21-19(24)15-4-5-17(18(13-15)23(25)26)22-8-10-27-11-9-22/h1-5,12-13H,6-11H2,(H,21,24). The molecule has 1 saturated heterocycles. The molecule has 1 aliphatic rings. The number of carbonyl (C=O) groups excluding carboxylic acids is 1. The van der Waals surface area contributed by atoms with E-state index in [1.54, 1.807) is 18.2 Å². The third-order valence-corrected chi connectivity index (χ3v) is 4.61. The molecule has 0 unspecified atom stereocenters. The van der Waals surface area contributed by atoms with Crippen molar-refractivity contribution in [1.29, 1.82) is 0 Å². The second-order valence-electron chi connectivity index (χ2n) is 6.20. The Kier molecular flexibility index (Phi) is 6.26. The van der Waals surface area contributed by atoms with Gasteiger partial charge in [-0.2, -0.15) is 0 Å². The minimum Gasteiger partial charge on any atom is -0.378 e. The molecule has 2 aromatic carbocycles. The van der Waals surface area contributed by atoms with Crippen molar-refractivity contribution < 1.29 is 14.5 Å². The fourth-order valence-corrected chi connectivity index (χ4v) is 3.21. The molecule has 0 atom stereocenters. The summed E-state index contributed by atoms with van der Waals surface area (Å²) in [5.74, 6) is -0.339. The number of hydrogen-bond acceptors (Lipinski definition) is 5. The Morgan fingerprint density at radius 1 is 1.22 bits per heavy atom. The first kappa shape index (κ1) is 19.1. The Bertz CT molecular complexity index is 837. The van der Waals surface area contributed by atoms with E-state index in [2.05, 4.69) is 5.32 Å². The van der Waals surface area contributed by atoms with Gasteiger partial charge in [0.25, 0.3) is 11.6 Å². The van der Waals surface area contributed by atoms with Crippen LogP contribution in [0.4, 0.5) is 11.4 Å². The number of nitro benzene ring substituents is 1. The molecule has 142 valence electrons. The maximum atomic E-state index is 12.4. The number of ether oxygens (including phenoxy) is 1. The maximum absolute atomic E-state index is 12.4. The number of nitro groups is 1. The quantitative estimate of drug-likeness (QED) is 0.606. The molecule has 0 aromatic heterocycles. The summed E-state index contributed by atoms with van der Waals surface area (Å²) < 4.78 is 5.29. The number of halogens is 1. The number of benzene rings is 2. The van der Waals surface area contributed by atoms with Gasteiger partial charge in [-0.3, -0.25) is 14.9 Å². The predicted molar refractivity (Wildman–Crippen MR) is 104 cm³/mol. The Morgan fingerprint density at radius 3 is 2.70 bits per heavy atom. The first-order valence-electron chi connectivity index (χ1n) is 8.68. The molecular formula is C19H20ClN3O4. The molecule has 7 nitrogen and oxygen atoms in total. The van der Waals surface area contributed by atoms with Crippen LogP contribution in [-0.2, 0) is 11.2 Å². The van der Waals surface area contributed by atoms with Crippen LogP contribution in [0.5, 0.6) is 0 Å². The largest absolute Gasteiger partial charge is 0.378 e. The molecule has 1 N–H and O–H groups in total. The lowest BCUT2D eigenvalue weighted by Gasteiger charge is -2.28. The van der Waals surface area contributed by atoms with Crippen molar-refractivity contribution in [2.24, 2.45) is 0 Å². The smallest absolute Gasteiger partial charge is 0.293 e. The van der Waals surface area contributed by atoms with Crippen molar-refractivity contribution in [1.82, 2.24) is 5.32 Å². The lowest BCUT2D eigenvalue weighted by molar-refractivity contribution is -0.384. The van der Waals surface area contributed by atoms with Crippen LogP contribution in [0.25, 0.3) is 0 Å². The first-order chi connectivity index (χ1) is 13.0. The van der Waals surface area contributed by atoms with E-state index in [1.807, 2.05) is 23.1 Å². The number of nitrogens with zero attached hydrogens (tertiary/aromatic N) is 2. The predicted octanol–water partition coefficient (Wildman–Crippen LogP) is 3.06. The summed E-state index contributed by atoms with van der Waals surface area (Å²) in [6.07, 6.45) is 0.625. The summed E-state index contributed by atoms with van der Waals surface area (Å²) in [5.41, 5.74) is 1.72. The van der Waals surface area contributed by atoms with Gasteiger partial charge in [0, 0.05) is 36.3 Å². The summed E-state index contributed by atoms with van der Waals surface area (Å²) in [6.45, 7) is 2.65. The zero-order chi connectivity index (χ0) is 19.2. The van der Waals surface area contributed by atoms with Crippen molar-refractivity contribution in [3.8, 4) is 0 Å². The molecule has 0 saturated carbocycles. The maximum Gasteiger partial charge on any atom is 0.293 e. The average Bonchev–Trinajstić information content (AvgIpc) is 2.68. The van der Waals surface area contributed by atoms with Gasteiger partial charge < -0.3 is 15.0 Å². The summed E-state index contributed by atoms with van der Waals surface area (Å²) >= 11 is 5.95. The molecule has 1 aliphatic heterocycles. The van der Waals surface area contributed by atoms with Gasteiger partial charge in [0.15, 0.2) is 0 Å². The topological polar surface area (TPSA) is 84.7 Å². The third kappa shape index (κ3) is 4.96. The average molecular weight is 390 g/mol. The molecule has 1 heterocycles. The molecular weight excluding hydrogens is 370 g/mol. The molecule has 2 aromatic rings. The Morgan fingerprint density at radius 2 is 2.00 bits per heavy atom. The van der Waals surface area contributed by atoms with Crippen molar-refractivity contribution in [3.63, 3.8) is 0 Å². The van der Waals surface area contributed by atoms with E-state index in [-0.39, 0.29) is 17.2 Å². The van der Waals surface area contributed by atoms with Crippen LogP contribution < -0.4 is 10.2 Å². The summed E-state index contributed by atoms with van der Waals surface area (Å²) in [6, 6.07) is 12.0. The Labute approximate surface area is 162 Å². The number of carbonyl (C=O) groups is 1. The van der Waals surface area contributed by atoms with Crippen molar-refractivity contribution in [2.75, 3.05) is 37.7 Å². The molecule has 0 radical (unpaired) electrons. The lowest BCUT2D eigenvalue weighted by Crippen LogP contribution is -2.36. The van der Waals surface area contributed by atoms with Crippen molar-refractivity contribution in [2.45, 2.75) is 6.42 Å². The molecule has 8 heteroatoms. The van der Waals surface area contributed by atoms with Crippen LogP contribution in [0.2, 0.25) is 5.02 Å². The van der Waals surface area contributed by atoms with Gasteiger partial charge in [-0.25, -0.2) is 0 Å². The van der Waals surface area contributed by atoms with E-state index in [0.29, 0.717) is 50.0 Å². The summed E-state index contributed by atoms with van der Waals surface area (Å²) in [7, 11) is 0. The van der Waals surface area contributed by atoms with E-state index < -0.39 is 4.92 Å². The van der Waals surface area contributed by atoms with E-state index in [0.717, 1.165) is 5.56 Å². The normalized spacial score (nSPS) is 14.0. The number of morpholine rings is 1. The van der Waals surface area contributed by atoms with Crippen LogP contribution in [-0.4, -0.2) is 43.7 Å². The van der Waals surface area contributed by atoms with Crippen LogP contribution >= 0.6 is 11.6 Å². The van der Waals surface area contributed by atoms with E-state index in [1.165, 1.54) is 6.07 Å². The fourth-order valence-electron chi connectivity index (χ4n) is 3.00. The number of amides is 1. The Hall–Kier alpha value is -2.64. The van der Waals surface area contributed by atoms with Crippen LogP contribution in [0.1, 0.15) is 15.9 Å². The summed E-state index contributed by atoms with van der Waals surface area (Å²) in [5, 5.41) is 14.9. The zero-order valence-electron chi connectivity index (χ0n) is 14.7. The molecule has 1 fully saturated rings. The molecule has 0 bridgehead atoms. The Balaban J connectivity index is 1.67. The minimum atomic E-state index is -0.451. The van der Waals surface area contributed by atoms with Crippen molar-refractivity contribution in [3.05, 3.63) is 68.7 Å². The van der Waals surface area contributed by atoms with Gasteiger partial charge >= 0.3 is 0 Å². The van der Waals surface area contributed by atoms with Gasteiger partial charge in [0.05, 0.1) is 18.1 Å². The van der Waals surface area contributed by atoms with E-state index >= 15 is 0 Å². The van der Waals surface area contributed by atoms with E-state index in [9.17, 15) is 14.9 Å². The van der Waals surface area contributed by atoms with Gasteiger partial charge in [-0.1, -0.05) is 23.7 Å². The summed E-state index contributed by atoms with van der Waals surface area (Å²) in [4.78, 5) is 25.3. The highest BCUT2D eigenvalue weighted by Gasteiger charge is 2.23. The van der Waals surface area contributed by atoms with Crippen molar-refractivity contribution >= 4 is 28.9 Å². The van der Waals surface area contributed by atoms with E-state index in [4.69, 9.17) is 16.3 Å². The van der Waals surface area contributed by atoms with Crippen LogP contribution in [0.3, 0.4) is 0 Å². The highest BCUT2D eigenvalue weighted by Crippen LogP contribution is 2.29. The molecule has 0 spiro atoms. The number of hydrogen-bond donors (Lipinski definition) is 1. The second kappa shape index (κ2) is 8.83. The van der Waals surface area contributed by atoms with Gasteiger partial charge in [0.1, 0.15) is 5.69 Å². The monoisotopic (exact) mass is 389 g/mol. The molecule has 1 amide bonds. The molecule has 27 heavy (non-hydrogen) atoms. The minimum absolute atomic E-state index is 0.0700. The van der Waals surface area contributed by atoms with Crippen LogP contribution in [0.15, 0.2) is 42.5 Å². The third-order valence-electron chi connectivity index (χ3n) is 4.37. The zero-order valence-corrected chi connectivity index (χ0v) is 15.4. The van der Waals surface area contributed by atoms with Crippen LogP contribution in [0, 0.1) is 10.1 Å². The highest BCUT2D eigenvalue weighted by atomic mass is 35.5. The van der Waals surface area contributed by atoms with Gasteiger partial charge in [0.2, 0.25) is 0 Å². The molecule has 3 rings (SSSR count). The molecule has 0 aliphatic carbocycles. The number of anilines is 1. The fraction of sp³-hybridized carbons (Fsp3) is 0.316. The highest BCUT2D eigenvalue weighted by molar-refractivity contribution is 6.30. The first-order valence-corrected chi connectivity index (χ1v) is 9.06. The van der Waals surface area contributed by atoms with Gasteiger partial charge in [-0.05, 0) is 36.2 Å². The lowest BCUT2D eigenvalue weighted by atomic mass is 10.1. The second-order valence-corrected chi connectivity index (χ2v) is 6.63. The van der Waals surface area contributed by atoms with Gasteiger partial charge in [-0.15, -0.1) is 0 Å². The SMILES string of the molecule is O=C(NCCc1cccc(Cl)c1)c1ccc(N2CCOCC2)c([N+](=O)[O-])c1. The number of nitrogens with one attached hydrogen (secondary N) is 1. The number of rotatable bonds is 6.